The summed E-state index contributed by atoms with van der Waals surface area (Å²) in [6.07, 6.45) is 8.18. The number of hydrogen-bond acceptors (Lipinski definition) is 4. The van der Waals surface area contributed by atoms with Gasteiger partial charge in [0.2, 0.25) is 0 Å². The molecule has 23 heavy (non-hydrogen) atoms. The zero-order valence-corrected chi connectivity index (χ0v) is 13.1. The van der Waals surface area contributed by atoms with Gasteiger partial charge in [-0.3, -0.25) is 9.78 Å². The zero-order chi connectivity index (χ0) is 16.5. The largest absolute Gasteiger partial charge is 0.366 e. The molecule has 1 N–H and O–H groups in total. The molecule has 0 aliphatic carbocycles. The van der Waals surface area contributed by atoms with Crippen molar-refractivity contribution in [2.24, 2.45) is 4.99 Å². The van der Waals surface area contributed by atoms with Crippen molar-refractivity contribution in [3.8, 4) is 0 Å². The van der Waals surface area contributed by atoms with Crippen molar-refractivity contribution in [1.82, 2.24) is 10.3 Å². The fourth-order valence-electron chi connectivity index (χ4n) is 1.97. The minimum atomic E-state index is 0.571. The number of carbonyl (C=O) groups is 1. The smallest absolute Gasteiger partial charge is 0.150 e. The van der Waals surface area contributed by atoms with Gasteiger partial charge in [-0.15, -0.1) is 0 Å². The second kappa shape index (κ2) is 8.44. The van der Waals surface area contributed by atoms with Crippen molar-refractivity contribution < 1.29 is 4.79 Å². The van der Waals surface area contributed by atoms with E-state index < -0.39 is 0 Å². The molecule has 0 aliphatic heterocycles. The summed E-state index contributed by atoms with van der Waals surface area (Å²) in [5.74, 6) is 0.571. The van der Waals surface area contributed by atoms with Gasteiger partial charge >= 0.3 is 0 Å². The number of allylic oxidation sites excluding steroid dienone is 2. The first-order chi connectivity index (χ1) is 11.2. The van der Waals surface area contributed by atoms with Gasteiger partial charge in [0.1, 0.15) is 12.1 Å². The molecule has 4 nitrogen and oxygen atoms in total. The molecule has 0 amide bonds. The Morgan fingerprint density at radius 1 is 1.30 bits per heavy atom. The van der Waals surface area contributed by atoms with E-state index in [0.29, 0.717) is 17.9 Å². The third kappa shape index (κ3) is 5.04. The van der Waals surface area contributed by atoms with Crippen molar-refractivity contribution in [3.63, 3.8) is 0 Å². The Bertz CT molecular complexity index is 716. The summed E-state index contributed by atoms with van der Waals surface area (Å²) < 4.78 is 0. The number of aliphatic imine (C=N–C) groups is 1. The quantitative estimate of drug-likeness (QED) is 0.629. The van der Waals surface area contributed by atoms with E-state index in [2.05, 4.69) is 21.9 Å². The number of aromatic nitrogens is 1. The highest BCUT2D eigenvalue weighted by Gasteiger charge is 2.01. The van der Waals surface area contributed by atoms with Crippen LogP contribution in [0.5, 0.6) is 0 Å². The van der Waals surface area contributed by atoms with Crippen molar-refractivity contribution in [2.75, 3.05) is 0 Å². The van der Waals surface area contributed by atoms with E-state index in [-0.39, 0.29) is 0 Å². The maximum Gasteiger partial charge on any atom is 0.150 e. The van der Waals surface area contributed by atoms with E-state index in [9.17, 15) is 4.79 Å². The minimum Gasteiger partial charge on any atom is -0.366 e. The summed E-state index contributed by atoms with van der Waals surface area (Å²) in [6, 6.07) is 11.2. The maximum absolute atomic E-state index is 10.6. The van der Waals surface area contributed by atoms with Gasteiger partial charge in [0.25, 0.3) is 0 Å². The van der Waals surface area contributed by atoms with Crippen molar-refractivity contribution in [2.45, 2.75) is 13.5 Å². The van der Waals surface area contributed by atoms with E-state index in [1.165, 1.54) is 0 Å². The van der Waals surface area contributed by atoms with Gasteiger partial charge in [0.15, 0.2) is 0 Å². The first-order valence-corrected chi connectivity index (χ1v) is 7.31. The van der Waals surface area contributed by atoms with Crippen LogP contribution in [0.3, 0.4) is 0 Å². The molecule has 2 aromatic rings. The molecule has 0 unspecified atom stereocenters. The Kier molecular flexibility index (Phi) is 6.00. The molecule has 0 atom stereocenters. The second-order valence-corrected chi connectivity index (χ2v) is 4.90. The zero-order valence-electron chi connectivity index (χ0n) is 13.1. The fourth-order valence-corrected chi connectivity index (χ4v) is 1.97. The highest BCUT2D eigenvalue weighted by atomic mass is 16.1. The molecule has 2 rings (SSSR count). The highest BCUT2D eigenvalue weighted by molar-refractivity contribution is 6.08. The minimum absolute atomic E-state index is 0.571. The molecule has 0 saturated carbocycles. The predicted octanol–water partition coefficient (Wildman–Crippen LogP) is 3.52. The number of aldehydes is 1. The van der Waals surface area contributed by atoms with Crippen LogP contribution in [0.1, 0.15) is 28.4 Å². The van der Waals surface area contributed by atoms with Crippen LogP contribution in [-0.2, 0) is 6.54 Å². The molecule has 116 valence electrons. The van der Waals surface area contributed by atoms with Crippen LogP contribution in [0.4, 0.5) is 0 Å². The molecule has 0 spiro atoms. The van der Waals surface area contributed by atoms with Crippen molar-refractivity contribution in [1.29, 1.82) is 0 Å². The van der Waals surface area contributed by atoms with Gasteiger partial charge in [0.05, 0.1) is 5.71 Å². The van der Waals surface area contributed by atoms with Gasteiger partial charge in [-0.25, -0.2) is 4.99 Å². The molecule has 1 aromatic heterocycles. The summed E-state index contributed by atoms with van der Waals surface area (Å²) in [4.78, 5) is 19.3. The SMILES string of the molecule is C=C(/N=C(\C=C/C)c1cccnc1)NCc1ccc(C=O)cc1. The second-order valence-electron chi connectivity index (χ2n) is 4.90. The average Bonchev–Trinajstić information content (AvgIpc) is 2.61. The molecule has 0 bridgehead atoms. The Morgan fingerprint density at radius 3 is 2.70 bits per heavy atom. The van der Waals surface area contributed by atoms with Crippen LogP contribution in [-0.4, -0.2) is 17.0 Å². The molecule has 0 fully saturated rings. The third-order valence-electron chi connectivity index (χ3n) is 3.15. The third-order valence-corrected chi connectivity index (χ3v) is 3.15. The number of benzene rings is 1. The monoisotopic (exact) mass is 305 g/mol. The first-order valence-electron chi connectivity index (χ1n) is 7.31. The Hall–Kier alpha value is -3.01. The molecule has 4 heteroatoms. The average molecular weight is 305 g/mol. The molecule has 0 radical (unpaired) electrons. The van der Waals surface area contributed by atoms with Crippen LogP contribution in [0.2, 0.25) is 0 Å². The molecule has 1 heterocycles. The summed E-state index contributed by atoms with van der Waals surface area (Å²) in [7, 11) is 0. The van der Waals surface area contributed by atoms with Gasteiger partial charge in [-0.05, 0) is 30.7 Å². The van der Waals surface area contributed by atoms with E-state index in [0.717, 1.165) is 23.1 Å². The van der Waals surface area contributed by atoms with Gasteiger partial charge in [-0.1, -0.05) is 36.9 Å². The molecular weight excluding hydrogens is 286 g/mol. The lowest BCUT2D eigenvalue weighted by Gasteiger charge is -2.08. The van der Waals surface area contributed by atoms with Crippen LogP contribution in [0, 0.1) is 0 Å². The van der Waals surface area contributed by atoms with E-state index in [1.54, 1.807) is 24.5 Å². The van der Waals surface area contributed by atoms with Crippen LogP contribution < -0.4 is 5.32 Å². The van der Waals surface area contributed by atoms with Crippen molar-refractivity contribution in [3.05, 3.63) is 90.0 Å². The Balaban J connectivity index is 2.04. The summed E-state index contributed by atoms with van der Waals surface area (Å²) >= 11 is 0. The number of pyridine rings is 1. The molecule has 0 saturated heterocycles. The number of hydrogen-bond donors (Lipinski definition) is 1. The van der Waals surface area contributed by atoms with Crippen LogP contribution >= 0.6 is 0 Å². The Morgan fingerprint density at radius 2 is 2.09 bits per heavy atom. The van der Waals surface area contributed by atoms with Crippen LogP contribution in [0.15, 0.2) is 78.3 Å². The number of nitrogens with zero attached hydrogens (tertiary/aromatic N) is 2. The van der Waals surface area contributed by atoms with Crippen LogP contribution in [0.25, 0.3) is 0 Å². The van der Waals surface area contributed by atoms with Gasteiger partial charge < -0.3 is 5.32 Å². The van der Waals surface area contributed by atoms with E-state index in [4.69, 9.17) is 0 Å². The number of carbonyl (C=O) groups excluding carboxylic acids is 1. The standard InChI is InChI=1S/C19H19N3O/c1-3-5-19(18-6-4-11-20-13-18)22-15(2)21-12-16-7-9-17(14-23)10-8-16/h3-11,13-14,21H,2,12H2,1H3/b5-3-,22-19+. The lowest BCUT2D eigenvalue weighted by molar-refractivity contribution is 0.112. The van der Waals surface area contributed by atoms with E-state index >= 15 is 0 Å². The topological polar surface area (TPSA) is 54.4 Å². The summed E-state index contributed by atoms with van der Waals surface area (Å²) in [5, 5.41) is 3.17. The lowest BCUT2D eigenvalue weighted by Crippen LogP contribution is -2.12. The lowest BCUT2D eigenvalue weighted by atomic mass is 10.1. The predicted molar refractivity (Wildman–Crippen MR) is 93.4 cm³/mol. The summed E-state index contributed by atoms with van der Waals surface area (Å²) in [6.45, 7) is 6.48. The fraction of sp³-hybridized carbons (Fsp3) is 0.105. The number of nitrogens with one attached hydrogen (secondary N) is 1. The van der Waals surface area contributed by atoms with Gasteiger partial charge in [0, 0.05) is 30.1 Å². The maximum atomic E-state index is 10.6. The first kappa shape index (κ1) is 16.4. The Labute approximate surface area is 136 Å². The molecule has 0 aliphatic rings. The molecular formula is C19H19N3O. The summed E-state index contributed by atoms with van der Waals surface area (Å²) in [5.41, 5.74) is 3.46. The normalized spacial score (nSPS) is 11.4. The van der Waals surface area contributed by atoms with E-state index in [1.807, 2.05) is 43.3 Å². The van der Waals surface area contributed by atoms with Gasteiger partial charge in [-0.2, -0.15) is 0 Å². The number of rotatable bonds is 7. The molecule has 1 aromatic carbocycles. The highest BCUT2D eigenvalue weighted by Crippen LogP contribution is 2.06. The van der Waals surface area contributed by atoms with Crippen molar-refractivity contribution >= 4 is 12.0 Å².